The lowest BCUT2D eigenvalue weighted by molar-refractivity contribution is 1.07. The van der Waals surface area contributed by atoms with Crippen molar-refractivity contribution in [3.05, 3.63) is 164 Å². The van der Waals surface area contributed by atoms with Crippen LogP contribution in [0.4, 0.5) is 0 Å². The Bertz CT molecular complexity index is 2790. The summed E-state index contributed by atoms with van der Waals surface area (Å²) in [5, 5.41) is 4.15. The zero-order chi connectivity index (χ0) is 34.4. The Morgan fingerprint density at radius 3 is 1.50 bits per heavy atom. The van der Waals surface area contributed by atoms with Gasteiger partial charge in [-0.3, -0.25) is 19.9 Å². The minimum absolute atomic E-state index is 0.542. The zero-order valence-electron chi connectivity index (χ0n) is 27.7. The molecule has 0 aliphatic rings. The quantitative estimate of drug-likeness (QED) is 0.181. The molecule has 52 heavy (non-hydrogen) atoms. The number of pyridine rings is 4. The molecular formula is C45H27N7. The molecule has 0 fully saturated rings. The predicted octanol–water partition coefficient (Wildman–Crippen LogP) is 10.4. The fourth-order valence-electron chi connectivity index (χ4n) is 6.93. The van der Waals surface area contributed by atoms with E-state index in [2.05, 4.69) is 93.8 Å². The van der Waals surface area contributed by atoms with Crippen LogP contribution >= 0.6 is 0 Å². The van der Waals surface area contributed by atoms with Crippen LogP contribution in [0.2, 0.25) is 0 Å². The second-order valence-electron chi connectivity index (χ2n) is 12.7. The molecule has 0 amide bonds. The van der Waals surface area contributed by atoms with E-state index in [1.54, 1.807) is 6.20 Å². The van der Waals surface area contributed by atoms with Gasteiger partial charge in [-0.1, -0.05) is 60.7 Å². The Kier molecular flexibility index (Phi) is 6.99. The van der Waals surface area contributed by atoms with Crippen LogP contribution in [0.15, 0.2) is 164 Å². The summed E-state index contributed by atoms with van der Waals surface area (Å²) in [6.07, 6.45) is 7.37. The minimum atomic E-state index is 0.542. The highest BCUT2D eigenvalue weighted by Gasteiger charge is 2.17. The number of hydrogen-bond donors (Lipinski definition) is 0. The molecule has 0 saturated heterocycles. The summed E-state index contributed by atoms with van der Waals surface area (Å²) < 4.78 is 0. The molecule has 0 aliphatic carbocycles. The number of fused-ring (bicyclic) bond motifs is 4. The van der Waals surface area contributed by atoms with Gasteiger partial charge in [0.2, 0.25) is 0 Å². The van der Waals surface area contributed by atoms with Crippen molar-refractivity contribution in [3.63, 3.8) is 0 Å². The third-order valence-electron chi connectivity index (χ3n) is 9.46. The minimum Gasteiger partial charge on any atom is -0.256 e. The number of para-hydroxylation sites is 3. The zero-order valence-corrected chi connectivity index (χ0v) is 27.7. The van der Waals surface area contributed by atoms with Crippen LogP contribution in [0.25, 0.3) is 100 Å². The van der Waals surface area contributed by atoms with E-state index in [4.69, 9.17) is 19.9 Å². The van der Waals surface area contributed by atoms with Gasteiger partial charge in [0.15, 0.2) is 17.5 Å². The highest BCUT2D eigenvalue weighted by atomic mass is 15.0. The van der Waals surface area contributed by atoms with Gasteiger partial charge in [0.1, 0.15) is 0 Å². The van der Waals surface area contributed by atoms with Gasteiger partial charge >= 0.3 is 0 Å². The lowest BCUT2D eigenvalue weighted by Gasteiger charge is -2.14. The predicted molar refractivity (Wildman–Crippen MR) is 208 cm³/mol. The van der Waals surface area contributed by atoms with E-state index in [1.165, 1.54) is 0 Å². The molecule has 5 aromatic heterocycles. The van der Waals surface area contributed by atoms with Crippen LogP contribution in [-0.4, -0.2) is 34.9 Å². The number of rotatable bonds is 5. The smallest absolute Gasteiger partial charge is 0.165 e. The van der Waals surface area contributed by atoms with Gasteiger partial charge in [0, 0.05) is 63.0 Å². The molecule has 0 spiro atoms. The van der Waals surface area contributed by atoms with Gasteiger partial charge in [0.25, 0.3) is 0 Å². The lowest BCUT2D eigenvalue weighted by atomic mass is 9.93. The highest BCUT2D eigenvalue weighted by Crippen LogP contribution is 2.37. The van der Waals surface area contributed by atoms with E-state index in [-0.39, 0.29) is 0 Å². The maximum atomic E-state index is 5.18. The van der Waals surface area contributed by atoms with Crippen molar-refractivity contribution in [2.24, 2.45) is 0 Å². The van der Waals surface area contributed by atoms with E-state index < -0.39 is 0 Å². The van der Waals surface area contributed by atoms with Crippen molar-refractivity contribution in [3.8, 4) is 56.4 Å². The van der Waals surface area contributed by atoms with Crippen LogP contribution in [0.1, 0.15) is 0 Å². The first-order valence-corrected chi connectivity index (χ1v) is 17.0. The lowest BCUT2D eigenvalue weighted by Crippen LogP contribution is -2.01. The molecule has 0 aliphatic heterocycles. The molecule has 0 radical (unpaired) electrons. The van der Waals surface area contributed by atoms with Gasteiger partial charge in [-0.25, -0.2) is 15.0 Å². The molecule has 0 atom stereocenters. The van der Waals surface area contributed by atoms with E-state index in [0.29, 0.717) is 17.5 Å². The summed E-state index contributed by atoms with van der Waals surface area (Å²) in [4.78, 5) is 34.0. The molecule has 5 heterocycles. The summed E-state index contributed by atoms with van der Waals surface area (Å²) in [7, 11) is 0. The summed E-state index contributed by atoms with van der Waals surface area (Å²) in [6.45, 7) is 0. The fraction of sp³-hybridized carbons (Fsp3) is 0. The largest absolute Gasteiger partial charge is 0.256 e. The number of aromatic nitrogens is 7. The Hall–Kier alpha value is -7.25. The summed E-state index contributed by atoms with van der Waals surface area (Å²) in [6, 6.07) is 47.4. The maximum Gasteiger partial charge on any atom is 0.165 e. The van der Waals surface area contributed by atoms with Gasteiger partial charge in [-0.2, -0.15) is 0 Å². The second-order valence-corrected chi connectivity index (χ2v) is 12.7. The molecule has 10 aromatic rings. The first-order chi connectivity index (χ1) is 25.7. The van der Waals surface area contributed by atoms with Crippen LogP contribution in [-0.2, 0) is 0 Å². The van der Waals surface area contributed by atoms with Crippen LogP contribution in [0.3, 0.4) is 0 Å². The highest BCUT2D eigenvalue weighted by molar-refractivity contribution is 5.99. The average Bonchev–Trinajstić information content (AvgIpc) is 3.22. The van der Waals surface area contributed by atoms with Gasteiger partial charge in [-0.15, -0.1) is 0 Å². The van der Waals surface area contributed by atoms with Crippen molar-refractivity contribution < 1.29 is 0 Å². The van der Waals surface area contributed by atoms with Gasteiger partial charge < -0.3 is 0 Å². The molecule has 5 aromatic carbocycles. The first kappa shape index (κ1) is 29.6. The Morgan fingerprint density at radius 2 is 0.808 bits per heavy atom. The number of hydrogen-bond acceptors (Lipinski definition) is 7. The van der Waals surface area contributed by atoms with Crippen LogP contribution in [0.5, 0.6) is 0 Å². The monoisotopic (exact) mass is 665 g/mol. The molecule has 0 N–H and O–H groups in total. The van der Waals surface area contributed by atoms with E-state index in [1.807, 2.05) is 79.3 Å². The Balaban J connectivity index is 1.24. The van der Waals surface area contributed by atoms with E-state index in [0.717, 1.165) is 82.6 Å². The standard InChI is InChI=1S/C45H27N7/c1-4-12-39-28(8-1)23-34(27-49-39)45-51-43(30-15-16-40-29(22-30)9-7-19-46-40)50-44(52-45)33-25-31(35-17-20-47-41-13-5-2-10-37(35)41)24-32(26-33)36-18-21-48-42-14-6-3-11-38(36)42/h1-27H. The van der Waals surface area contributed by atoms with Crippen molar-refractivity contribution in [2.45, 2.75) is 0 Å². The van der Waals surface area contributed by atoms with Crippen molar-refractivity contribution in [1.82, 2.24) is 34.9 Å². The SMILES string of the molecule is c1cnc2ccc(-c3nc(-c4cc(-c5ccnc6ccccc56)cc(-c5ccnc6ccccc56)c4)nc(-c4cnc5ccccc5c4)n3)cc2c1. The average molecular weight is 666 g/mol. The molecule has 242 valence electrons. The van der Waals surface area contributed by atoms with E-state index >= 15 is 0 Å². The number of benzene rings is 5. The normalized spacial score (nSPS) is 11.5. The molecule has 10 rings (SSSR count). The number of nitrogens with zero attached hydrogens (tertiary/aromatic N) is 7. The molecule has 7 nitrogen and oxygen atoms in total. The topological polar surface area (TPSA) is 90.2 Å². The van der Waals surface area contributed by atoms with Crippen LogP contribution in [0, 0.1) is 0 Å². The van der Waals surface area contributed by atoms with Crippen molar-refractivity contribution >= 4 is 43.6 Å². The third kappa shape index (κ3) is 5.28. The Labute approximate surface area is 298 Å². The molecule has 0 unspecified atom stereocenters. The van der Waals surface area contributed by atoms with Crippen molar-refractivity contribution in [2.75, 3.05) is 0 Å². The fourth-order valence-corrected chi connectivity index (χ4v) is 6.93. The molecule has 7 heteroatoms. The van der Waals surface area contributed by atoms with Crippen LogP contribution < -0.4 is 0 Å². The van der Waals surface area contributed by atoms with E-state index in [9.17, 15) is 0 Å². The summed E-state index contributed by atoms with van der Waals surface area (Å²) >= 11 is 0. The van der Waals surface area contributed by atoms with Gasteiger partial charge in [-0.05, 0) is 101 Å². The van der Waals surface area contributed by atoms with Crippen molar-refractivity contribution in [1.29, 1.82) is 0 Å². The summed E-state index contributed by atoms with van der Waals surface area (Å²) in [5.41, 5.74) is 10.4. The molecular weight excluding hydrogens is 639 g/mol. The maximum absolute atomic E-state index is 5.18. The first-order valence-electron chi connectivity index (χ1n) is 17.0. The third-order valence-corrected chi connectivity index (χ3v) is 9.46. The van der Waals surface area contributed by atoms with Gasteiger partial charge in [0.05, 0.1) is 22.1 Å². The Morgan fingerprint density at radius 1 is 0.308 bits per heavy atom. The molecule has 0 saturated carbocycles. The summed E-state index contributed by atoms with van der Waals surface area (Å²) in [5.74, 6) is 1.66. The molecule has 0 bridgehead atoms. The second kappa shape index (κ2) is 12.3.